The van der Waals surface area contributed by atoms with E-state index in [1.807, 2.05) is 90.6 Å². The number of hydrogen-bond donors (Lipinski definition) is 2. The van der Waals surface area contributed by atoms with Crippen LogP contribution in [0.2, 0.25) is 0 Å². The number of carbonyl (C=O) groups is 4. The predicted molar refractivity (Wildman–Crippen MR) is 276 cm³/mol. The number of amides is 4. The Bertz CT molecular complexity index is 2680. The molecule has 4 atom stereocenters. The van der Waals surface area contributed by atoms with Gasteiger partial charge in [-0.25, -0.2) is 9.59 Å². The number of thiophene rings is 2. The second-order valence-electron chi connectivity index (χ2n) is 18.0. The predicted octanol–water partition coefficient (Wildman–Crippen LogP) is 10.2. The van der Waals surface area contributed by atoms with Crippen LogP contribution in [0.25, 0.3) is 21.1 Å². The minimum Gasteiger partial charge on any atom is -0.444 e. The van der Waals surface area contributed by atoms with E-state index in [1.54, 1.807) is 50.4 Å². The Balaban J connectivity index is 1.02. The number of alkyl carbamates (subject to hydrolysis) is 2. The molecule has 14 nitrogen and oxygen atoms in total. The highest BCUT2D eigenvalue weighted by Gasteiger charge is 2.39. The third kappa shape index (κ3) is 12.9. The van der Waals surface area contributed by atoms with Crippen molar-refractivity contribution in [3.63, 3.8) is 0 Å². The summed E-state index contributed by atoms with van der Waals surface area (Å²) < 4.78 is 15.0. The largest absolute Gasteiger partial charge is 0.444 e. The van der Waals surface area contributed by atoms with Gasteiger partial charge in [0.1, 0.15) is 29.1 Å². The summed E-state index contributed by atoms with van der Waals surface area (Å²) in [6.45, 7) is 12.4. The first-order valence-electron chi connectivity index (χ1n) is 23.1. The molecule has 2 unspecified atom stereocenters. The Morgan fingerprint density at radius 3 is 1.54 bits per heavy atom. The van der Waals surface area contributed by atoms with Gasteiger partial charge in [0.25, 0.3) is 0 Å². The first kappa shape index (κ1) is 49.6. The van der Waals surface area contributed by atoms with Gasteiger partial charge >= 0.3 is 12.2 Å². The van der Waals surface area contributed by atoms with E-state index in [-0.39, 0.29) is 41.2 Å². The average molecular weight is 1010 g/mol. The van der Waals surface area contributed by atoms with Crippen molar-refractivity contribution in [2.24, 2.45) is 0 Å². The van der Waals surface area contributed by atoms with Gasteiger partial charge in [0.05, 0.1) is 52.1 Å². The summed E-state index contributed by atoms with van der Waals surface area (Å²) in [6, 6.07) is 29.9. The minimum atomic E-state index is -1.00. The van der Waals surface area contributed by atoms with Crippen LogP contribution < -0.4 is 10.6 Å². The quantitative estimate of drug-likeness (QED) is 0.0483. The summed E-state index contributed by atoms with van der Waals surface area (Å²) in [7, 11) is 2.66. The van der Waals surface area contributed by atoms with E-state index in [0.717, 1.165) is 56.5 Å². The lowest BCUT2D eigenvalue weighted by Gasteiger charge is -2.38. The third-order valence-electron chi connectivity index (χ3n) is 11.8. The molecule has 2 aliphatic heterocycles. The molecule has 0 spiro atoms. The number of allylic oxidation sites excluding steroid dienone is 1. The molecule has 0 radical (unpaired) electrons. The van der Waals surface area contributed by atoms with Crippen LogP contribution >= 0.6 is 44.3 Å². The second kappa shape index (κ2) is 22.7. The van der Waals surface area contributed by atoms with Crippen molar-refractivity contribution in [1.82, 2.24) is 40.0 Å². The third-order valence-corrected chi connectivity index (χ3v) is 16.0. The Morgan fingerprint density at radius 2 is 1.13 bits per heavy atom. The van der Waals surface area contributed by atoms with Crippen molar-refractivity contribution < 1.29 is 28.7 Å². The van der Waals surface area contributed by atoms with Crippen LogP contribution in [0.1, 0.15) is 75.1 Å². The minimum absolute atomic E-state index is 0.137. The van der Waals surface area contributed by atoms with Gasteiger partial charge in [-0.3, -0.25) is 19.0 Å². The number of nitrogens with zero attached hydrogens (tertiary/aromatic N) is 6. The molecule has 69 heavy (non-hydrogen) atoms. The standard InChI is InChI=1S/C51H58N8O6S4/c1-34(2)64-49(62)52-39(47(60)56-24-26-58-43(30-37(54-58)45-18-12-28-66-45)41(56)22-20-35-14-8-6-9-15-35)32-68-69-33-40(53-50(63)65-51(3,4)5)48(61)57-25-27-59-44(31-38(55-59)46-19-13-29-67-46)42(57)23-21-36-16-10-7-11-17-36/h6-19,28-31,39-42H,1,20-27,32-33H2,2-5H3,(H,52,62)(H,53,63)/t39-,40-,41?,42?/m0/s1. The molecule has 6 aromatic rings. The fraction of sp³-hybridized carbons (Fsp3) is 0.373. The molecule has 0 aliphatic carbocycles. The van der Waals surface area contributed by atoms with E-state index in [1.165, 1.54) is 21.6 Å². The molecule has 2 aromatic carbocycles. The Kier molecular flexibility index (Phi) is 16.3. The Labute approximate surface area is 419 Å². The van der Waals surface area contributed by atoms with Gasteiger partial charge in [-0.1, -0.05) is 101 Å². The second-order valence-corrected chi connectivity index (χ2v) is 22.5. The molecule has 2 aliphatic rings. The van der Waals surface area contributed by atoms with Crippen LogP contribution in [0.15, 0.2) is 120 Å². The van der Waals surface area contributed by atoms with Crippen molar-refractivity contribution in [2.75, 3.05) is 24.6 Å². The molecule has 4 amide bonds. The Morgan fingerprint density at radius 1 is 0.681 bits per heavy atom. The average Bonchev–Trinajstić information content (AvgIpc) is 4.18. The van der Waals surface area contributed by atoms with Crippen LogP contribution in [0.4, 0.5) is 9.59 Å². The van der Waals surface area contributed by atoms with Crippen LogP contribution in [0, 0.1) is 0 Å². The van der Waals surface area contributed by atoms with E-state index in [9.17, 15) is 19.2 Å². The first-order chi connectivity index (χ1) is 33.3. The van der Waals surface area contributed by atoms with Crippen molar-refractivity contribution >= 4 is 68.3 Å². The summed E-state index contributed by atoms with van der Waals surface area (Å²) in [6.07, 6.45) is 1.22. The SMILES string of the molecule is C=C(C)OC(=O)N[C@@H](CSSC[C@H](NC(=O)OC(C)(C)C)C(=O)N1CCn2nc(-c3cccs3)cc2C1CCc1ccccc1)C(=O)N1CCn2nc(-c3cccs3)cc2C1CCc1ccccc1. The van der Waals surface area contributed by atoms with Gasteiger partial charge in [0.2, 0.25) is 11.8 Å². The molecule has 0 bridgehead atoms. The van der Waals surface area contributed by atoms with Gasteiger partial charge in [0, 0.05) is 24.6 Å². The van der Waals surface area contributed by atoms with Crippen molar-refractivity contribution in [1.29, 1.82) is 0 Å². The van der Waals surface area contributed by atoms with Crippen molar-refractivity contribution in [3.05, 3.63) is 143 Å². The summed E-state index contributed by atoms with van der Waals surface area (Å²) in [5.41, 5.74) is 5.08. The molecular weight excluding hydrogens is 949 g/mol. The van der Waals surface area contributed by atoms with Gasteiger partial charge in [-0.15, -0.1) is 22.7 Å². The molecule has 18 heteroatoms. The van der Waals surface area contributed by atoms with Crippen LogP contribution in [-0.4, -0.2) is 95.6 Å². The number of ether oxygens (including phenoxy) is 2. The van der Waals surface area contributed by atoms with Gasteiger partial charge < -0.3 is 29.9 Å². The summed E-state index contributed by atoms with van der Waals surface area (Å²) in [5.74, 6) is -0.0452. The number of nitrogens with one attached hydrogen (secondary N) is 2. The normalized spacial score (nSPS) is 16.5. The molecule has 8 rings (SSSR count). The van der Waals surface area contributed by atoms with Crippen molar-refractivity contribution in [2.45, 2.75) is 96.2 Å². The molecular formula is C51H58N8O6S4. The van der Waals surface area contributed by atoms with Crippen LogP contribution in [0.5, 0.6) is 0 Å². The number of benzene rings is 2. The number of rotatable bonds is 18. The van der Waals surface area contributed by atoms with E-state index < -0.39 is 29.9 Å². The molecule has 362 valence electrons. The zero-order valence-corrected chi connectivity index (χ0v) is 42.5. The maximum atomic E-state index is 15.0. The molecule has 4 aromatic heterocycles. The molecule has 0 saturated heterocycles. The first-order valence-corrected chi connectivity index (χ1v) is 27.3. The highest BCUT2D eigenvalue weighted by molar-refractivity contribution is 8.76. The lowest BCUT2D eigenvalue weighted by molar-refractivity contribution is -0.137. The number of fused-ring (bicyclic) bond motifs is 2. The summed E-state index contributed by atoms with van der Waals surface area (Å²) in [5, 5.41) is 19.7. The highest BCUT2D eigenvalue weighted by atomic mass is 33.1. The van der Waals surface area contributed by atoms with E-state index in [4.69, 9.17) is 19.7 Å². The zero-order chi connectivity index (χ0) is 48.5. The summed E-state index contributed by atoms with van der Waals surface area (Å²) >= 11 is 3.23. The van der Waals surface area contributed by atoms with E-state index >= 15 is 0 Å². The van der Waals surface area contributed by atoms with Crippen LogP contribution in [-0.2, 0) is 45.0 Å². The van der Waals surface area contributed by atoms with Crippen molar-refractivity contribution in [3.8, 4) is 21.1 Å². The molecule has 0 saturated carbocycles. The van der Waals surface area contributed by atoms with Gasteiger partial charge in [0.15, 0.2) is 0 Å². The van der Waals surface area contributed by atoms with E-state index in [0.29, 0.717) is 39.0 Å². The lowest BCUT2D eigenvalue weighted by atomic mass is 9.99. The topological polar surface area (TPSA) is 153 Å². The number of hydrogen-bond acceptors (Lipinski definition) is 12. The number of aromatic nitrogens is 4. The number of carbonyl (C=O) groups excluding carboxylic acids is 4. The lowest BCUT2D eigenvalue weighted by Crippen LogP contribution is -2.54. The zero-order valence-electron chi connectivity index (χ0n) is 39.2. The van der Waals surface area contributed by atoms with Gasteiger partial charge in [-0.2, -0.15) is 10.2 Å². The fourth-order valence-corrected chi connectivity index (χ4v) is 12.3. The molecule has 6 heterocycles. The maximum absolute atomic E-state index is 15.0. The van der Waals surface area contributed by atoms with E-state index in [2.05, 4.69) is 53.6 Å². The highest BCUT2D eigenvalue weighted by Crippen LogP contribution is 2.37. The Hall–Kier alpha value is -5.82. The smallest absolute Gasteiger partial charge is 0.412 e. The monoisotopic (exact) mass is 1010 g/mol. The molecule has 2 N–H and O–H groups in total. The maximum Gasteiger partial charge on any atom is 0.412 e. The fourth-order valence-electron chi connectivity index (χ4n) is 8.68. The van der Waals surface area contributed by atoms with Gasteiger partial charge in [-0.05, 0) is 99.5 Å². The van der Waals surface area contributed by atoms with Crippen LogP contribution in [0.3, 0.4) is 0 Å². The summed E-state index contributed by atoms with van der Waals surface area (Å²) in [4.78, 5) is 62.4. The molecule has 0 fully saturated rings. The number of aryl methyl sites for hydroxylation is 2.